The zero-order chi connectivity index (χ0) is 18.1. The zero-order valence-corrected chi connectivity index (χ0v) is 15.7. The van der Waals surface area contributed by atoms with Gasteiger partial charge in [-0.25, -0.2) is 9.78 Å². The first-order chi connectivity index (χ1) is 11.8. The van der Waals surface area contributed by atoms with Gasteiger partial charge in [0.25, 0.3) is 0 Å². The van der Waals surface area contributed by atoms with E-state index in [1.807, 2.05) is 38.3 Å². The molecule has 1 fully saturated rings. The maximum absolute atomic E-state index is 12.7. The Morgan fingerprint density at radius 2 is 2.12 bits per heavy atom. The summed E-state index contributed by atoms with van der Waals surface area (Å²) in [5.74, 6) is 0. The van der Waals surface area contributed by atoms with Crippen LogP contribution in [0.5, 0.6) is 0 Å². The van der Waals surface area contributed by atoms with Crippen molar-refractivity contribution >= 4 is 17.4 Å². The molecule has 1 atom stereocenters. The Balaban J connectivity index is 1.94. The van der Waals surface area contributed by atoms with E-state index in [-0.39, 0.29) is 6.09 Å². The molecule has 0 spiro atoms. The van der Waals surface area contributed by atoms with Crippen LogP contribution in [0.3, 0.4) is 0 Å². The van der Waals surface area contributed by atoms with Gasteiger partial charge in [0.2, 0.25) is 0 Å². The number of likely N-dealkylation sites (tertiary alicyclic amines) is 1. The average Bonchev–Trinajstić information content (AvgIpc) is 3.08. The summed E-state index contributed by atoms with van der Waals surface area (Å²) in [7, 11) is 0. The molecule has 0 aliphatic carbocycles. The number of nitrogens with two attached hydrogens (primary N) is 1. The molecular weight excluding hydrogens is 336 g/mol. The molecule has 25 heavy (non-hydrogen) atoms. The fraction of sp³-hybridized carbons (Fsp3) is 0.500. The summed E-state index contributed by atoms with van der Waals surface area (Å²) in [5.41, 5.74) is 6.93. The van der Waals surface area contributed by atoms with E-state index in [9.17, 15) is 4.79 Å². The van der Waals surface area contributed by atoms with Crippen molar-refractivity contribution < 1.29 is 9.53 Å². The van der Waals surface area contributed by atoms with Crippen LogP contribution >= 0.6 is 11.3 Å². The maximum Gasteiger partial charge on any atom is 0.412 e. The normalized spacial score (nSPS) is 21.2. The van der Waals surface area contributed by atoms with Gasteiger partial charge in [0.1, 0.15) is 16.3 Å². The molecule has 0 saturated carbocycles. The summed E-state index contributed by atoms with van der Waals surface area (Å²) < 4.78 is 5.58. The molecular formula is C18H24N4O2S. The van der Waals surface area contributed by atoms with Crippen LogP contribution in [0.4, 0.5) is 4.79 Å². The molecule has 1 unspecified atom stereocenters. The number of ether oxygens (including phenoxy) is 1. The Morgan fingerprint density at radius 1 is 1.32 bits per heavy atom. The van der Waals surface area contributed by atoms with Crippen molar-refractivity contribution in [2.24, 2.45) is 5.73 Å². The first-order valence-electron chi connectivity index (χ1n) is 8.45. The second-order valence-electron chi connectivity index (χ2n) is 7.28. The van der Waals surface area contributed by atoms with Gasteiger partial charge in [-0.05, 0) is 57.7 Å². The smallest absolute Gasteiger partial charge is 0.412 e. The van der Waals surface area contributed by atoms with E-state index in [1.165, 1.54) is 11.3 Å². The number of thiazole rings is 1. The van der Waals surface area contributed by atoms with E-state index in [0.717, 1.165) is 29.1 Å². The highest BCUT2D eigenvalue weighted by Crippen LogP contribution is 2.35. The van der Waals surface area contributed by atoms with Crippen LogP contribution in [-0.4, -0.2) is 33.1 Å². The molecule has 134 valence electrons. The predicted octanol–water partition coefficient (Wildman–Crippen LogP) is 3.74. The van der Waals surface area contributed by atoms with Crippen LogP contribution in [0.25, 0.3) is 10.7 Å². The molecule has 1 aliphatic rings. The quantitative estimate of drug-likeness (QED) is 0.882. The lowest BCUT2D eigenvalue weighted by Gasteiger charge is -2.44. The molecule has 1 saturated heterocycles. The van der Waals surface area contributed by atoms with E-state index in [1.54, 1.807) is 17.3 Å². The third-order valence-electron chi connectivity index (χ3n) is 4.20. The van der Waals surface area contributed by atoms with Crippen molar-refractivity contribution in [2.45, 2.75) is 51.3 Å². The summed E-state index contributed by atoms with van der Waals surface area (Å²) in [5, 5.41) is 2.75. The highest BCUT2D eigenvalue weighted by atomic mass is 32.1. The Hall–Kier alpha value is -1.99. The van der Waals surface area contributed by atoms with Crippen molar-refractivity contribution in [3.8, 4) is 10.7 Å². The standard InChI is InChI=1S/C18H24N4O2S/c1-17(2,3)24-16(23)22-10-5-4-7-18(22,19)13-6-8-20-14(12-13)15-21-9-11-25-15/h6,8-9,11-12H,4-5,7,10,19H2,1-3H3. The number of piperidine rings is 1. The van der Waals surface area contributed by atoms with Crippen LogP contribution in [0.1, 0.15) is 45.6 Å². The molecule has 3 rings (SSSR count). The van der Waals surface area contributed by atoms with E-state index in [4.69, 9.17) is 10.5 Å². The van der Waals surface area contributed by atoms with Crippen molar-refractivity contribution in [3.05, 3.63) is 35.5 Å². The highest BCUT2D eigenvalue weighted by molar-refractivity contribution is 7.13. The van der Waals surface area contributed by atoms with Crippen LogP contribution in [0.15, 0.2) is 29.9 Å². The first kappa shape index (κ1) is 17.8. The molecule has 3 heterocycles. The lowest BCUT2D eigenvalue weighted by Crippen LogP contribution is -2.59. The zero-order valence-electron chi connectivity index (χ0n) is 14.9. The molecule has 7 heteroatoms. The number of carbonyl (C=O) groups is 1. The first-order valence-corrected chi connectivity index (χ1v) is 9.33. The molecule has 2 N–H and O–H groups in total. The van der Waals surface area contributed by atoms with Gasteiger partial charge in [-0.1, -0.05) is 0 Å². The second kappa shape index (κ2) is 6.72. The Morgan fingerprint density at radius 3 is 2.80 bits per heavy atom. The van der Waals surface area contributed by atoms with Crippen LogP contribution < -0.4 is 5.73 Å². The Bertz CT molecular complexity index is 742. The maximum atomic E-state index is 12.7. The number of hydrogen-bond donors (Lipinski definition) is 1. The molecule has 1 aliphatic heterocycles. The number of carbonyl (C=O) groups excluding carboxylic acids is 1. The van der Waals surface area contributed by atoms with Crippen LogP contribution in [0, 0.1) is 0 Å². The molecule has 0 radical (unpaired) electrons. The largest absolute Gasteiger partial charge is 0.444 e. The minimum Gasteiger partial charge on any atom is -0.444 e. The number of aromatic nitrogens is 2. The lowest BCUT2D eigenvalue weighted by molar-refractivity contribution is -0.0161. The third-order valence-corrected chi connectivity index (χ3v) is 4.99. The number of rotatable bonds is 2. The van der Waals surface area contributed by atoms with Crippen molar-refractivity contribution in [3.63, 3.8) is 0 Å². The average molecular weight is 360 g/mol. The van der Waals surface area contributed by atoms with Gasteiger partial charge in [0.05, 0.1) is 5.69 Å². The van der Waals surface area contributed by atoms with Crippen LogP contribution in [-0.2, 0) is 10.4 Å². The Kier molecular flexibility index (Phi) is 4.79. The SMILES string of the molecule is CC(C)(C)OC(=O)N1CCCCC1(N)c1ccnc(-c2nccs2)c1. The fourth-order valence-electron chi connectivity index (χ4n) is 3.04. The second-order valence-corrected chi connectivity index (χ2v) is 8.17. The summed E-state index contributed by atoms with van der Waals surface area (Å²) in [6.07, 6.45) is 5.67. The highest BCUT2D eigenvalue weighted by Gasteiger charge is 2.42. The number of hydrogen-bond acceptors (Lipinski definition) is 6. The van der Waals surface area contributed by atoms with E-state index >= 15 is 0 Å². The summed E-state index contributed by atoms with van der Waals surface area (Å²) in [6, 6.07) is 3.81. The summed E-state index contributed by atoms with van der Waals surface area (Å²) in [6.45, 7) is 6.17. The van der Waals surface area contributed by atoms with Gasteiger partial charge in [0, 0.05) is 24.3 Å². The monoisotopic (exact) mass is 360 g/mol. The summed E-state index contributed by atoms with van der Waals surface area (Å²) >= 11 is 1.53. The van der Waals surface area contributed by atoms with Crippen molar-refractivity contribution in [2.75, 3.05) is 6.54 Å². The topological polar surface area (TPSA) is 81.3 Å². The molecule has 0 bridgehead atoms. The van der Waals surface area contributed by atoms with E-state index in [2.05, 4.69) is 9.97 Å². The van der Waals surface area contributed by atoms with Crippen LogP contribution in [0.2, 0.25) is 0 Å². The van der Waals surface area contributed by atoms with Crippen molar-refractivity contribution in [1.29, 1.82) is 0 Å². The predicted molar refractivity (Wildman–Crippen MR) is 98.0 cm³/mol. The van der Waals surface area contributed by atoms with Gasteiger partial charge in [-0.15, -0.1) is 11.3 Å². The lowest BCUT2D eigenvalue weighted by atomic mass is 9.89. The van der Waals surface area contributed by atoms with Gasteiger partial charge in [0.15, 0.2) is 0 Å². The minimum atomic E-state index is -0.893. The fourth-order valence-corrected chi connectivity index (χ4v) is 3.64. The van der Waals surface area contributed by atoms with Gasteiger partial charge in [-0.3, -0.25) is 9.88 Å². The number of amides is 1. The van der Waals surface area contributed by atoms with E-state index in [0.29, 0.717) is 13.0 Å². The molecule has 1 amide bonds. The molecule has 0 aromatic carbocycles. The summed E-state index contributed by atoms with van der Waals surface area (Å²) in [4.78, 5) is 23.1. The molecule has 2 aromatic rings. The number of nitrogens with zero attached hydrogens (tertiary/aromatic N) is 3. The third kappa shape index (κ3) is 3.82. The molecule has 6 nitrogen and oxygen atoms in total. The Labute approximate surface area is 152 Å². The van der Waals surface area contributed by atoms with Gasteiger partial charge in [-0.2, -0.15) is 0 Å². The van der Waals surface area contributed by atoms with Crippen molar-refractivity contribution in [1.82, 2.24) is 14.9 Å². The van der Waals surface area contributed by atoms with Gasteiger partial charge < -0.3 is 10.5 Å². The molecule has 2 aromatic heterocycles. The van der Waals surface area contributed by atoms with E-state index < -0.39 is 11.3 Å². The van der Waals surface area contributed by atoms with Gasteiger partial charge >= 0.3 is 6.09 Å². The minimum absolute atomic E-state index is 0.373. The number of pyridine rings is 1.